The van der Waals surface area contributed by atoms with Crippen LogP contribution in [0.4, 0.5) is 15.8 Å². The summed E-state index contributed by atoms with van der Waals surface area (Å²) in [6, 6.07) is 13.2. The zero-order chi connectivity index (χ0) is 13.8. The Morgan fingerprint density at radius 1 is 1.16 bits per heavy atom. The van der Waals surface area contributed by atoms with Crippen LogP contribution in [-0.4, -0.2) is 13.6 Å². The van der Waals surface area contributed by atoms with Crippen LogP contribution in [0, 0.1) is 12.7 Å². The van der Waals surface area contributed by atoms with Gasteiger partial charge in [0, 0.05) is 12.7 Å². The van der Waals surface area contributed by atoms with E-state index in [1.165, 1.54) is 6.07 Å². The van der Waals surface area contributed by atoms with Crippen LogP contribution in [0.2, 0.25) is 0 Å². The number of nitrogens with two attached hydrogens (primary N) is 1. The van der Waals surface area contributed by atoms with E-state index < -0.39 is 0 Å². The fourth-order valence-corrected chi connectivity index (χ4v) is 2.26. The van der Waals surface area contributed by atoms with E-state index in [1.54, 1.807) is 6.07 Å². The Labute approximate surface area is 113 Å². The molecule has 0 aliphatic carbocycles. The maximum absolute atomic E-state index is 14.1. The molecule has 0 unspecified atom stereocenters. The minimum atomic E-state index is -0.213. The molecule has 0 fully saturated rings. The zero-order valence-corrected chi connectivity index (χ0v) is 11.4. The van der Waals surface area contributed by atoms with Gasteiger partial charge in [0.15, 0.2) is 0 Å². The molecule has 2 aromatic carbocycles. The maximum Gasteiger partial charge on any atom is 0.147 e. The van der Waals surface area contributed by atoms with Gasteiger partial charge in [0.2, 0.25) is 0 Å². The first-order valence-corrected chi connectivity index (χ1v) is 6.41. The van der Waals surface area contributed by atoms with Gasteiger partial charge in [-0.3, -0.25) is 0 Å². The van der Waals surface area contributed by atoms with E-state index in [0.29, 0.717) is 18.7 Å². The summed E-state index contributed by atoms with van der Waals surface area (Å²) in [6.07, 6.45) is 0.670. The van der Waals surface area contributed by atoms with Gasteiger partial charge < -0.3 is 10.6 Å². The number of aryl methyl sites for hydroxylation is 1. The second-order valence-corrected chi connectivity index (χ2v) is 4.68. The minimum absolute atomic E-state index is 0.213. The van der Waals surface area contributed by atoms with Crippen LogP contribution < -0.4 is 10.6 Å². The first-order valence-electron chi connectivity index (χ1n) is 6.41. The molecule has 2 nitrogen and oxygen atoms in total. The number of rotatable bonds is 4. The number of halogens is 1. The largest absolute Gasteiger partial charge is 0.342 e. The third-order valence-electron chi connectivity index (χ3n) is 3.21. The van der Waals surface area contributed by atoms with Gasteiger partial charge in [0.1, 0.15) is 5.82 Å². The highest BCUT2D eigenvalue weighted by molar-refractivity contribution is 5.67. The van der Waals surface area contributed by atoms with E-state index in [2.05, 4.69) is 0 Å². The average Bonchev–Trinajstić information content (AvgIpc) is 2.39. The molecule has 0 radical (unpaired) electrons. The Balaban J connectivity index is 2.45. The number of hydrogen-bond donors (Lipinski definition) is 1. The van der Waals surface area contributed by atoms with Crippen molar-refractivity contribution in [3.05, 3.63) is 59.4 Å². The molecule has 2 rings (SSSR count). The zero-order valence-electron chi connectivity index (χ0n) is 11.4. The topological polar surface area (TPSA) is 29.3 Å². The Hall–Kier alpha value is -1.87. The predicted octanol–water partition coefficient (Wildman–Crippen LogP) is 3.40. The Kier molecular flexibility index (Phi) is 4.17. The standard InChI is InChI=1S/C16H19FN2/c1-12-5-3-7-14(11-12)19(2)16-13(9-10-18)6-4-8-15(16)17/h3-8,11H,9-10,18H2,1-2H3. The molecule has 2 N–H and O–H groups in total. The van der Waals surface area contributed by atoms with Crippen LogP contribution in [-0.2, 0) is 6.42 Å². The molecule has 0 aliphatic heterocycles. The molecule has 100 valence electrons. The fraction of sp³-hybridized carbons (Fsp3) is 0.250. The summed E-state index contributed by atoms with van der Waals surface area (Å²) in [6.45, 7) is 2.54. The molecule has 2 aromatic rings. The van der Waals surface area contributed by atoms with Gasteiger partial charge in [-0.1, -0.05) is 24.3 Å². The van der Waals surface area contributed by atoms with E-state index in [1.807, 2.05) is 49.2 Å². The minimum Gasteiger partial charge on any atom is -0.342 e. The summed E-state index contributed by atoms with van der Waals surface area (Å²) in [4.78, 5) is 1.88. The number of anilines is 2. The molecule has 0 heterocycles. The van der Waals surface area contributed by atoms with Gasteiger partial charge in [-0.2, -0.15) is 0 Å². The second kappa shape index (κ2) is 5.85. The predicted molar refractivity (Wildman–Crippen MR) is 78.4 cm³/mol. The van der Waals surface area contributed by atoms with Gasteiger partial charge in [-0.05, 0) is 49.2 Å². The van der Waals surface area contributed by atoms with E-state index >= 15 is 0 Å². The van der Waals surface area contributed by atoms with Crippen molar-refractivity contribution in [3.8, 4) is 0 Å². The Morgan fingerprint density at radius 2 is 1.89 bits per heavy atom. The van der Waals surface area contributed by atoms with Crippen molar-refractivity contribution >= 4 is 11.4 Å². The molecule has 0 aliphatic rings. The van der Waals surface area contributed by atoms with E-state index in [-0.39, 0.29) is 5.82 Å². The Bertz CT molecular complexity index is 566. The van der Waals surface area contributed by atoms with Gasteiger partial charge in [0.25, 0.3) is 0 Å². The van der Waals surface area contributed by atoms with Crippen molar-refractivity contribution in [3.63, 3.8) is 0 Å². The first kappa shape index (κ1) is 13.6. The molecule has 0 amide bonds. The van der Waals surface area contributed by atoms with Crippen molar-refractivity contribution in [2.45, 2.75) is 13.3 Å². The lowest BCUT2D eigenvalue weighted by atomic mass is 10.1. The van der Waals surface area contributed by atoms with Crippen molar-refractivity contribution in [1.29, 1.82) is 0 Å². The smallest absolute Gasteiger partial charge is 0.147 e. The highest BCUT2D eigenvalue weighted by atomic mass is 19.1. The molecule has 0 aromatic heterocycles. The third kappa shape index (κ3) is 2.93. The van der Waals surface area contributed by atoms with Crippen LogP contribution in [0.5, 0.6) is 0 Å². The summed E-state index contributed by atoms with van der Waals surface area (Å²) >= 11 is 0. The van der Waals surface area contributed by atoms with Gasteiger partial charge in [-0.15, -0.1) is 0 Å². The average molecular weight is 258 g/mol. The van der Waals surface area contributed by atoms with Crippen LogP contribution in [0.3, 0.4) is 0 Å². The Morgan fingerprint density at radius 3 is 2.58 bits per heavy atom. The summed E-state index contributed by atoms with van der Waals surface area (Å²) in [5.41, 5.74) is 9.28. The summed E-state index contributed by atoms with van der Waals surface area (Å²) < 4.78 is 14.1. The number of nitrogens with zero attached hydrogens (tertiary/aromatic N) is 1. The molecule has 19 heavy (non-hydrogen) atoms. The maximum atomic E-state index is 14.1. The number of hydrogen-bond acceptors (Lipinski definition) is 2. The van der Waals surface area contributed by atoms with E-state index in [0.717, 1.165) is 16.8 Å². The lowest BCUT2D eigenvalue weighted by Gasteiger charge is -2.23. The monoisotopic (exact) mass is 258 g/mol. The normalized spacial score (nSPS) is 10.5. The SMILES string of the molecule is Cc1cccc(N(C)c2c(F)cccc2CCN)c1. The first-order chi connectivity index (χ1) is 9.13. The number of para-hydroxylation sites is 1. The molecule has 0 bridgehead atoms. The summed E-state index contributed by atoms with van der Waals surface area (Å²) in [5.74, 6) is -0.213. The quantitative estimate of drug-likeness (QED) is 0.910. The van der Waals surface area contributed by atoms with Crippen molar-refractivity contribution < 1.29 is 4.39 Å². The van der Waals surface area contributed by atoms with E-state index in [9.17, 15) is 4.39 Å². The molecule has 0 saturated heterocycles. The number of benzene rings is 2. The molecule has 0 spiro atoms. The van der Waals surface area contributed by atoms with Crippen molar-refractivity contribution in [1.82, 2.24) is 0 Å². The van der Waals surface area contributed by atoms with Crippen molar-refractivity contribution in [2.75, 3.05) is 18.5 Å². The van der Waals surface area contributed by atoms with Crippen molar-refractivity contribution in [2.24, 2.45) is 5.73 Å². The third-order valence-corrected chi connectivity index (χ3v) is 3.21. The molecular weight excluding hydrogens is 239 g/mol. The van der Waals surface area contributed by atoms with Gasteiger partial charge in [-0.25, -0.2) is 4.39 Å². The van der Waals surface area contributed by atoms with E-state index in [4.69, 9.17) is 5.73 Å². The van der Waals surface area contributed by atoms with Crippen LogP contribution in [0.25, 0.3) is 0 Å². The molecule has 0 saturated carbocycles. The second-order valence-electron chi connectivity index (χ2n) is 4.68. The van der Waals surface area contributed by atoms with Gasteiger partial charge >= 0.3 is 0 Å². The summed E-state index contributed by atoms with van der Waals surface area (Å²) in [5, 5.41) is 0. The lowest BCUT2D eigenvalue weighted by Crippen LogP contribution is -2.15. The van der Waals surface area contributed by atoms with Gasteiger partial charge in [0.05, 0.1) is 5.69 Å². The summed E-state index contributed by atoms with van der Waals surface area (Å²) in [7, 11) is 1.88. The molecule has 0 atom stereocenters. The molecular formula is C16H19FN2. The molecule has 3 heteroatoms. The highest BCUT2D eigenvalue weighted by Gasteiger charge is 2.14. The van der Waals surface area contributed by atoms with Crippen LogP contribution in [0.1, 0.15) is 11.1 Å². The van der Waals surface area contributed by atoms with Crippen LogP contribution in [0.15, 0.2) is 42.5 Å². The lowest BCUT2D eigenvalue weighted by molar-refractivity contribution is 0.625. The highest BCUT2D eigenvalue weighted by Crippen LogP contribution is 2.30. The van der Waals surface area contributed by atoms with Crippen LogP contribution >= 0.6 is 0 Å². The fourth-order valence-electron chi connectivity index (χ4n) is 2.26.